The van der Waals surface area contributed by atoms with Gasteiger partial charge in [-0.1, -0.05) is 0 Å². The second-order valence-corrected chi connectivity index (χ2v) is 5.52. The van der Waals surface area contributed by atoms with Crippen molar-refractivity contribution in [2.45, 2.75) is 6.36 Å². The van der Waals surface area contributed by atoms with Crippen LogP contribution in [-0.2, 0) is 9.23 Å². The number of carbonyl (C=O) groups is 1. The van der Waals surface area contributed by atoms with E-state index >= 15 is 0 Å². The molecule has 0 aliphatic rings. The summed E-state index contributed by atoms with van der Waals surface area (Å²) in [4.78, 5) is 10.5. The molecule has 0 radical (unpaired) electrons. The van der Waals surface area contributed by atoms with Crippen molar-refractivity contribution in [1.82, 2.24) is 0 Å². The largest absolute Gasteiger partial charge is 0.573 e. The first-order valence-corrected chi connectivity index (χ1v) is 7.20. The Bertz CT molecular complexity index is 477. The predicted molar refractivity (Wildman–Crippen MR) is 63.1 cm³/mol. The van der Waals surface area contributed by atoms with Crippen molar-refractivity contribution >= 4 is 47.4 Å². The average molecular weight is 362 g/mol. The molecule has 0 fully saturated rings. The lowest BCUT2D eigenvalue weighted by Crippen LogP contribution is -2.17. The lowest BCUT2D eigenvalue weighted by atomic mass is 10.2. The SMILES string of the molecule is O=C(Cl)c1ccc(OC(F)(F)F)cc1F.O=S(Cl)Cl. The Morgan fingerprint density at radius 3 is 2.05 bits per heavy atom. The van der Waals surface area contributed by atoms with Gasteiger partial charge >= 0.3 is 6.36 Å². The van der Waals surface area contributed by atoms with Crippen LogP contribution in [0, 0.1) is 5.82 Å². The molecule has 0 heterocycles. The number of alkyl halides is 3. The molecule has 3 nitrogen and oxygen atoms in total. The van der Waals surface area contributed by atoms with Crippen molar-refractivity contribution in [2.75, 3.05) is 0 Å². The van der Waals surface area contributed by atoms with Crippen LogP contribution < -0.4 is 4.74 Å². The molecule has 1 aromatic carbocycles. The molecule has 0 unspecified atom stereocenters. The lowest BCUT2D eigenvalue weighted by Gasteiger charge is -2.08. The first kappa shape index (κ1) is 18.4. The lowest BCUT2D eigenvalue weighted by molar-refractivity contribution is -0.274. The van der Waals surface area contributed by atoms with Crippen LogP contribution in [0.1, 0.15) is 10.4 Å². The second-order valence-electron chi connectivity index (χ2n) is 2.65. The molecule has 0 saturated heterocycles. The highest BCUT2D eigenvalue weighted by atomic mass is 36.0. The Kier molecular flexibility index (Phi) is 7.65. The minimum Gasteiger partial charge on any atom is -0.406 e. The fourth-order valence-corrected chi connectivity index (χ4v) is 1.01. The maximum absolute atomic E-state index is 12.9. The van der Waals surface area contributed by atoms with Crippen molar-refractivity contribution in [3.63, 3.8) is 0 Å². The van der Waals surface area contributed by atoms with Gasteiger partial charge in [-0.2, -0.15) is 0 Å². The molecule has 108 valence electrons. The highest BCUT2D eigenvalue weighted by molar-refractivity contribution is 8.26. The molecule has 0 spiro atoms. The van der Waals surface area contributed by atoms with Gasteiger partial charge in [-0.05, 0) is 23.7 Å². The molecule has 1 aromatic rings. The summed E-state index contributed by atoms with van der Waals surface area (Å²) in [5.41, 5.74) is -0.508. The molecule has 0 aliphatic heterocycles. The zero-order chi connectivity index (χ0) is 15.2. The van der Waals surface area contributed by atoms with Crippen molar-refractivity contribution in [3.8, 4) is 5.75 Å². The van der Waals surface area contributed by atoms with Gasteiger partial charge < -0.3 is 4.74 Å². The van der Waals surface area contributed by atoms with E-state index in [-0.39, 0.29) is 0 Å². The number of benzene rings is 1. The van der Waals surface area contributed by atoms with Crippen molar-refractivity contribution in [1.29, 1.82) is 0 Å². The summed E-state index contributed by atoms with van der Waals surface area (Å²) >= 11 is 4.95. The molecule has 19 heavy (non-hydrogen) atoms. The maximum atomic E-state index is 12.9. The van der Waals surface area contributed by atoms with E-state index in [2.05, 4.69) is 26.1 Å². The summed E-state index contributed by atoms with van der Waals surface area (Å²) in [6.07, 6.45) is -4.90. The molecule has 0 bridgehead atoms. The molecule has 0 aromatic heterocycles. The van der Waals surface area contributed by atoms with E-state index < -0.39 is 38.0 Å². The van der Waals surface area contributed by atoms with E-state index in [1.165, 1.54) is 0 Å². The first-order valence-electron chi connectivity index (χ1n) is 4.02. The number of hydrogen-bond acceptors (Lipinski definition) is 3. The van der Waals surface area contributed by atoms with Gasteiger partial charge in [0, 0.05) is 27.4 Å². The van der Waals surface area contributed by atoms with Gasteiger partial charge in [0.2, 0.25) is 9.23 Å². The van der Waals surface area contributed by atoms with Crippen LogP contribution in [0.4, 0.5) is 17.6 Å². The highest BCUT2D eigenvalue weighted by Crippen LogP contribution is 2.24. The van der Waals surface area contributed by atoms with Crippen LogP contribution in [-0.4, -0.2) is 15.8 Å². The molecular formula is C8H3Cl3F4O3S. The summed E-state index contributed by atoms with van der Waals surface area (Å²) in [7, 11) is 7.36. The van der Waals surface area contributed by atoms with Crippen LogP contribution in [0.5, 0.6) is 5.75 Å². The highest BCUT2D eigenvalue weighted by Gasteiger charge is 2.31. The quantitative estimate of drug-likeness (QED) is 0.587. The minimum absolute atomic E-state index is 0.434. The van der Waals surface area contributed by atoms with Crippen LogP contribution in [0.2, 0.25) is 0 Å². The van der Waals surface area contributed by atoms with E-state index in [1.54, 1.807) is 0 Å². The summed E-state index contributed by atoms with van der Waals surface area (Å²) in [5, 5.41) is -1.09. The second kappa shape index (κ2) is 7.88. The maximum Gasteiger partial charge on any atom is 0.573 e. The molecule has 0 aliphatic carbocycles. The van der Waals surface area contributed by atoms with Crippen LogP contribution in [0.3, 0.4) is 0 Å². The third-order valence-electron chi connectivity index (χ3n) is 1.39. The standard InChI is InChI=1S/C8H3ClF4O2.Cl2OS/c9-7(14)5-2-1-4(3-6(5)10)15-8(11,12)13;1-4(2)3/h1-3H;. The van der Waals surface area contributed by atoms with E-state index in [1.807, 2.05) is 0 Å². The molecular weight excluding hydrogens is 359 g/mol. The Balaban J connectivity index is 0.000000711. The van der Waals surface area contributed by atoms with E-state index in [0.29, 0.717) is 6.07 Å². The van der Waals surface area contributed by atoms with Crippen molar-refractivity contribution < 1.29 is 31.3 Å². The summed E-state index contributed by atoms with van der Waals surface area (Å²) in [6.45, 7) is 0. The fourth-order valence-electron chi connectivity index (χ4n) is 0.852. The number of ether oxygens (including phenoxy) is 1. The summed E-state index contributed by atoms with van der Waals surface area (Å²) in [5.74, 6) is -1.92. The molecule has 0 atom stereocenters. The number of carbonyl (C=O) groups excluding carboxylic acids is 1. The molecule has 11 heteroatoms. The average Bonchev–Trinajstić information content (AvgIpc) is 2.12. The summed E-state index contributed by atoms with van der Waals surface area (Å²) in [6, 6.07) is 2.04. The Morgan fingerprint density at radius 1 is 1.26 bits per heavy atom. The minimum atomic E-state index is -4.90. The van der Waals surface area contributed by atoms with Crippen LogP contribution >= 0.6 is 33.0 Å². The monoisotopic (exact) mass is 360 g/mol. The van der Waals surface area contributed by atoms with E-state index in [9.17, 15) is 22.4 Å². The molecule has 1 rings (SSSR count). The topological polar surface area (TPSA) is 43.4 Å². The number of halogens is 7. The van der Waals surface area contributed by atoms with Gasteiger partial charge in [0.05, 0.1) is 5.56 Å². The summed E-state index contributed by atoms with van der Waals surface area (Å²) < 4.78 is 60.5. The van der Waals surface area contributed by atoms with Gasteiger partial charge in [-0.25, -0.2) is 8.60 Å². The van der Waals surface area contributed by atoms with E-state index in [0.717, 1.165) is 12.1 Å². The molecule has 0 amide bonds. The fraction of sp³-hybridized carbons (Fsp3) is 0.125. The molecule has 0 N–H and O–H groups in total. The number of hydrogen-bond donors (Lipinski definition) is 0. The number of rotatable bonds is 2. The zero-order valence-electron chi connectivity index (χ0n) is 8.51. The third kappa shape index (κ3) is 9.04. The smallest absolute Gasteiger partial charge is 0.406 e. The van der Waals surface area contributed by atoms with Gasteiger partial charge in [0.1, 0.15) is 11.6 Å². The van der Waals surface area contributed by atoms with Crippen molar-refractivity contribution in [3.05, 3.63) is 29.6 Å². The van der Waals surface area contributed by atoms with Gasteiger partial charge in [-0.3, -0.25) is 4.79 Å². The van der Waals surface area contributed by atoms with Gasteiger partial charge in [0.25, 0.3) is 5.24 Å². The first-order chi connectivity index (χ1) is 8.53. The zero-order valence-corrected chi connectivity index (χ0v) is 11.6. The van der Waals surface area contributed by atoms with Gasteiger partial charge in [-0.15, -0.1) is 13.2 Å². The predicted octanol–water partition coefficient (Wildman–Crippen LogP) is 4.15. The Hall–Kier alpha value is -0.570. The normalized spacial score (nSPS) is 10.7. The van der Waals surface area contributed by atoms with Crippen molar-refractivity contribution in [2.24, 2.45) is 0 Å². The van der Waals surface area contributed by atoms with Crippen LogP contribution in [0.25, 0.3) is 0 Å². The Morgan fingerprint density at radius 2 is 1.74 bits per heavy atom. The van der Waals surface area contributed by atoms with Crippen LogP contribution in [0.15, 0.2) is 18.2 Å². The Labute approximate surface area is 120 Å². The van der Waals surface area contributed by atoms with E-state index in [4.69, 9.17) is 15.8 Å². The third-order valence-corrected chi connectivity index (χ3v) is 1.59. The van der Waals surface area contributed by atoms with Gasteiger partial charge in [0.15, 0.2) is 0 Å². The molecule has 0 saturated carbocycles.